The predicted octanol–water partition coefficient (Wildman–Crippen LogP) is 2.55. The molecule has 0 aliphatic rings. The first-order valence-corrected chi connectivity index (χ1v) is 10.3. The molecular weight excluding hydrogens is 412 g/mol. The summed E-state index contributed by atoms with van der Waals surface area (Å²) in [4.78, 5) is 35.3. The Kier molecular flexibility index (Phi) is 7.06. The second kappa shape index (κ2) is 9.14. The number of nitrogens with zero attached hydrogens (tertiary/aromatic N) is 2. The van der Waals surface area contributed by atoms with E-state index in [4.69, 9.17) is 0 Å². The van der Waals surface area contributed by atoms with Crippen LogP contribution in [0.3, 0.4) is 0 Å². The van der Waals surface area contributed by atoms with E-state index in [1.165, 1.54) is 46.3 Å². The Labute approximate surface area is 174 Å². The molecule has 0 aliphatic carbocycles. The minimum Gasteiger partial charge on any atom is -0.465 e. The van der Waals surface area contributed by atoms with E-state index in [0.717, 1.165) is 10.4 Å². The molecule has 2 aromatic carbocycles. The number of ether oxygens (including phenoxy) is 1. The summed E-state index contributed by atoms with van der Waals surface area (Å²) in [6.07, 6.45) is -0.0932. The lowest BCUT2D eigenvalue weighted by Gasteiger charge is -2.19. The highest BCUT2D eigenvalue weighted by Crippen LogP contribution is 2.33. The van der Waals surface area contributed by atoms with E-state index in [1.807, 2.05) is 0 Å². The van der Waals surface area contributed by atoms with Crippen LogP contribution in [-0.2, 0) is 26.0 Å². The van der Waals surface area contributed by atoms with Crippen LogP contribution in [0.1, 0.15) is 34.3 Å². The van der Waals surface area contributed by atoms with Gasteiger partial charge < -0.3 is 4.74 Å². The first-order valence-electron chi connectivity index (χ1n) is 8.88. The van der Waals surface area contributed by atoms with Gasteiger partial charge in [-0.2, -0.15) is 0 Å². The predicted molar refractivity (Wildman–Crippen MR) is 109 cm³/mol. The van der Waals surface area contributed by atoms with Crippen molar-refractivity contribution in [3.05, 3.63) is 69.3 Å². The van der Waals surface area contributed by atoms with Gasteiger partial charge in [-0.3, -0.25) is 14.9 Å². The molecule has 0 radical (unpaired) electrons. The molecule has 2 rings (SSSR count). The van der Waals surface area contributed by atoms with E-state index in [-0.39, 0.29) is 28.1 Å². The number of carbonyl (C=O) groups is 2. The van der Waals surface area contributed by atoms with Crippen LogP contribution < -0.4 is 0 Å². The van der Waals surface area contributed by atoms with Crippen LogP contribution in [0.15, 0.2) is 47.4 Å². The molecule has 9 nitrogen and oxygen atoms in total. The lowest BCUT2D eigenvalue weighted by molar-refractivity contribution is -0.385. The van der Waals surface area contributed by atoms with Gasteiger partial charge >= 0.3 is 5.97 Å². The maximum Gasteiger partial charge on any atom is 0.337 e. The normalized spacial score (nSPS) is 12.4. The van der Waals surface area contributed by atoms with Gasteiger partial charge in [-0.15, -0.1) is 0 Å². The fourth-order valence-corrected chi connectivity index (χ4v) is 4.18. The first-order chi connectivity index (χ1) is 14.0. The van der Waals surface area contributed by atoms with Crippen molar-refractivity contribution >= 4 is 27.5 Å². The fraction of sp³-hybridized carbons (Fsp3) is 0.300. The van der Waals surface area contributed by atoms with Crippen LogP contribution in [0.2, 0.25) is 0 Å². The van der Waals surface area contributed by atoms with Gasteiger partial charge in [0, 0.05) is 25.7 Å². The van der Waals surface area contributed by atoms with E-state index in [0.29, 0.717) is 5.56 Å². The van der Waals surface area contributed by atoms with Crippen molar-refractivity contribution in [2.24, 2.45) is 0 Å². The molecule has 1 atom stereocenters. The summed E-state index contributed by atoms with van der Waals surface area (Å²) in [5, 5.41) is 11.5. The van der Waals surface area contributed by atoms with Crippen LogP contribution in [0.4, 0.5) is 5.69 Å². The Morgan fingerprint density at radius 1 is 1.17 bits per heavy atom. The third kappa shape index (κ3) is 4.71. The fourth-order valence-electron chi connectivity index (χ4n) is 3.06. The Hall–Kier alpha value is -3.11. The Balaban J connectivity index is 2.65. The number of rotatable bonds is 8. The van der Waals surface area contributed by atoms with Gasteiger partial charge in [0.25, 0.3) is 5.69 Å². The molecule has 0 aliphatic heterocycles. The number of hydrogen-bond donors (Lipinski definition) is 0. The summed E-state index contributed by atoms with van der Waals surface area (Å²) in [7, 11) is 0.152. The summed E-state index contributed by atoms with van der Waals surface area (Å²) >= 11 is 0. The van der Waals surface area contributed by atoms with Crippen molar-refractivity contribution in [2.45, 2.75) is 24.2 Å². The van der Waals surface area contributed by atoms with Gasteiger partial charge in [0.1, 0.15) is 5.78 Å². The van der Waals surface area contributed by atoms with Gasteiger partial charge in [0.15, 0.2) is 0 Å². The maximum atomic E-state index is 12.7. The van der Waals surface area contributed by atoms with Gasteiger partial charge in [-0.1, -0.05) is 18.2 Å². The highest BCUT2D eigenvalue weighted by molar-refractivity contribution is 7.89. The minimum atomic E-state index is -3.80. The molecule has 0 saturated carbocycles. The number of methoxy groups -OCH3 is 1. The van der Waals surface area contributed by atoms with Gasteiger partial charge in [0.2, 0.25) is 10.0 Å². The van der Waals surface area contributed by atoms with E-state index >= 15 is 0 Å². The lowest BCUT2D eigenvalue weighted by Crippen LogP contribution is -2.24. The number of benzene rings is 2. The molecule has 160 valence electrons. The van der Waals surface area contributed by atoms with Crippen LogP contribution in [0, 0.1) is 10.1 Å². The molecular formula is C20H22N2O7S. The summed E-state index contributed by atoms with van der Waals surface area (Å²) < 4.78 is 31.1. The molecule has 0 saturated heterocycles. The molecule has 30 heavy (non-hydrogen) atoms. The summed E-state index contributed by atoms with van der Waals surface area (Å²) in [6.45, 7) is 1.27. The van der Waals surface area contributed by atoms with Gasteiger partial charge in [-0.05, 0) is 37.1 Å². The minimum absolute atomic E-state index is 0.00743. The molecule has 0 heterocycles. The van der Waals surface area contributed by atoms with Crippen LogP contribution in [0.5, 0.6) is 0 Å². The number of hydrogen-bond acceptors (Lipinski definition) is 7. The monoisotopic (exact) mass is 434 g/mol. The third-order valence-electron chi connectivity index (χ3n) is 4.67. The summed E-state index contributed by atoms with van der Waals surface area (Å²) in [5.74, 6) is -2.14. The van der Waals surface area contributed by atoms with Crippen LogP contribution in [-0.4, -0.2) is 50.6 Å². The van der Waals surface area contributed by atoms with Gasteiger partial charge in [-0.25, -0.2) is 17.5 Å². The van der Waals surface area contributed by atoms with E-state index in [9.17, 15) is 28.1 Å². The Morgan fingerprint density at radius 2 is 1.80 bits per heavy atom. The van der Waals surface area contributed by atoms with E-state index in [2.05, 4.69) is 4.74 Å². The molecule has 0 fully saturated rings. The standard InChI is InChI=1S/C20H22N2O7S/c1-13(23)16(11-14-7-5-6-8-19(14)30(27,28)21(2)3)17-12-15(20(24)29-4)9-10-18(17)22(25)26/h5-10,12,16H,11H2,1-4H3. The average molecular weight is 434 g/mol. The molecule has 0 N–H and O–H groups in total. The van der Waals surface area contributed by atoms with Crippen molar-refractivity contribution in [1.29, 1.82) is 0 Å². The number of sulfonamides is 1. The summed E-state index contributed by atoms with van der Waals surface area (Å²) in [5.41, 5.74) is 0.0750. The highest BCUT2D eigenvalue weighted by atomic mass is 32.2. The van der Waals surface area contributed by atoms with Crippen molar-refractivity contribution < 1.29 is 27.7 Å². The zero-order valence-electron chi connectivity index (χ0n) is 17.0. The smallest absolute Gasteiger partial charge is 0.337 e. The second-order valence-electron chi connectivity index (χ2n) is 6.78. The third-order valence-corrected chi connectivity index (χ3v) is 6.58. The number of ketones is 1. The number of carbonyl (C=O) groups excluding carboxylic acids is 2. The quantitative estimate of drug-likeness (QED) is 0.355. The Morgan fingerprint density at radius 3 is 2.33 bits per heavy atom. The maximum absolute atomic E-state index is 12.7. The average Bonchev–Trinajstić information content (AvgIpc) is 2.70. The summed E-state index contributed by atoms with van der Waals surface area (Å²) in [6, 6.07) is 9.79. The molecule has 0 aromatic heterocycles. The van der Waals surface area contributed by atoms with E-state index in [1.54, 1.807) is 18.2 Å². The van der Waals surface area contributed by atoms with Crippen molar-refractivity contribution in [1.82, 2.24) is 4.31 Å². The molecule has 10 heteroatoms. The highest BCUT2D eigenvalue weighted by Gasteiger charge is 2.30. The largest absolute Gasteiger partial charge is 0.465 e. The molecule has 0 amide bonds. The van der Waals surface area contributed by atoms with Crippen LogP contribution in [0.25, 0.3) is 0 Å². The van der Waals surface area contributed by atoms with E-state index < -0.39 is 32.6 Å². The van der Waals surface area contributed by atoms with Crippen molar-refractivity contribution in [2.75, 3.05) is 21.2 Å². The molecule has 0 bridgehead atoms. The molecule has 0 spiro atoms. The number of nitro benzene ring substituents is 1. The molecule has 2 aromatic rings. The number of esters is 1. The Bertz CT molecular complexity index is 1090. The topological polar surface area (TPSA) is 124 Å². The van der Waals surface area contributed by atoms with Crippen molar-refractivity contribution in [3.8, 4) is 0 Å². The SMILES string of the molecule is COC(=O)c1ccc([N+](=O)[O-])c(C(Cc2ccccc2S(=O)(=O)N(C)C)C(C)=O)c1. The van der Waals surface area contributed by atoms with Gasteiger partial charge in [0.05, 0.1) is 28.4 Å². The number of Topliss-reactive ketones (excluding diaryl/α,β-unsaturated/α-hetero) is 1. The first kappa shape index (κ1) is 23.2. The van der Waals surface area contributed by atoms with Crippen molar-refractivity contribution in [3.63, 3.8) is 0 Å². The number of nitro groups is 1. The zero-order valence-corrected chi connectivity index (χ0v) is 17.8. The second-order valence-corrected chi connectivity index (χ2v) is 8.91. The zero-order chi connectivity index (χ0) is 22.6. The molecule has 1 unspecified atom stereocenters. The lowest BCUT2D eigenvalue weighted by atomic mass is 9.87. The van der Waals surface area contributed by atoms with Crippen LogP contribution >= 0.6 is 0 Å².